The fourth-order valence-corrected chi connectivity index (χ4v) is 1.90. The van der Waals surface area contributed by atoms with Gasteiger partial charge in [0.25, 0.3) is 0 Å². The van der Waals surface area contributed by atoms with E-state index in [2.05, 4.69) is 22.2 Å². The van der Waals surface area contributed by atoms with E-state index in [4.69, 9.17) is 5.11 Å². The lowest BCUT2D eigenvalue weighted by Crippen LogP contribution is -2.20. The molecule has 0 aliphatic carbocycles. The van der Waals surface area contributed by atoms with Crippen LogP contribution in [0.5, 0.6) is 0 Å². The molecule has 2 heterocycles. The van der Waals surface area contributed by atoms with Crippen molar-refractivity contribution in [2.24, 2.45) is 7.05 Å². The molecule has 0 fully saturated rings. The summed E-state index contributed by atoms with van der Waals surface area (Å²) < 4.78 is 1.97. The number of aliphatic hydroxyl groups is 1. The van der Waals surface area contributed by atoms with Gasteiger partial charge in [-0.3, -0.25) is 0 Å². The molecule has 5 nitrogen and oxygen atoms in total. The number of pyridine rings is 1. The van der Waals surface area contributed by atoms with E-state index in [1.54, 1.807) is 12.5 Å². The van der Waals surface area contributed by atoms with Crippen LogP contribution in [0.3, 0.4) is 0 Å². The van der Waals surface area contributed by atoms with Gasteiger partial charge in [-0.05, 0) is 18.9 Å². The summed E-state index contributed by atoms with van der Waals surface area (Å²) in [5.74, 6) is 0.795. The van der Waals surface area contributed by atoms with Crippen LogP contribution in [0.2, 0.25) is 0 Å². The number of hydrogen-bond acceptors (Lipinski definition) is 4. The molecule has 2 rings (SSSR count). The number of nitrogens with one attached hydrogen (secondary N) is 1. The van der Waals surface area contributed by atoms with Crippen molar-refractivity contribution < 1.29 is 5.11 Å². The van der Waals surface area contributed by atoms with Gasteiger partial charge in [-0.25, -0.2) is 9.97 Å². The van der Waals surface area contributed by atoms with Crippen molar-refractivity contribution in [1.82, 2.24) is 14.5 Å². The smallest absolute Gasteiger partial charge is 0.154 e. The Morgan fingerprint density at radius 1 is 1.47 bits per heavy atom. The third-order valence-corrected chi connectivity index (χ3v) is 2.95. The molecule has 0 amide bonds. The molecule has 92 valence electrons. The lowest BCUT2D eigenvalue weighted by molar-refractivity contribution is 0.278. The van der Waals surface area contributed by atoms with Crippen LogP contribution in [0.4, 0.5) is 5.82 Å². The van der Waals surface area contributed by atoms with E-state index in [0.29, 0.717) is 0 Å². The van der Waals surface area contributed by atoms with Crippen molar-refractivity contribution in [1.29, 1.82) is 0 Å². The maximum absolute atomic E-state index is 8.98. The van der Waals surface area contributed by atoms with Crippen LogP contribution in [0.1, 0.15) is 19.8 Å². The molecule has 0 aliphatic heterocycles. The second-order valence-electron chi connectivity index (χ2n) is 4.14. The number of anilines is 1. The standard InChI is InChI=1S/C12H18N4O/c1-3-9(5-7-17)15-12-11-10(4-6-13-12)16(2)8-14-11/h4,6,8-9,17H,3,5,7H2,1-2H3,(H,13,15). The Morgan fingerprint density at radius 2 is 2.29 bits per heavy atom. The molecule has 0 aliphatic rings. The Labute approximate surface area is 101 Å². The number of aryl methyl sites for hydroxylation is 1. The van der Waals surface area contributed by atoms with E-state index in [-0.39, 0.29) is 12.6 Å². The summed E-state index contributed by atoms with van der Waals surface area (Å²) in [5.41, 5.74) is 1.94. The Kier molecular flexibility index (Phi) is 3.58. The van der Waals surface area contributed by atoms with Crippen molar-refractivity contribution >= 4 is 16.9 Å². The van der Waals surface area contributed by atoms with Crippen LogP contribution in [0.15, 0.2) is 18.6 Å². The van der Waals surface area contributed by atoms with Crippen LogP contribution < -0.4 is 5.32 Å². The summed E-state index contributed by atoms with van der Waals surface area (Å²) in [6.07, 6.45) is 5.23. The van der Waals surface area contributed by atoms with Crippen LogP contribution in [0.25, 0.3) is 11.0 Å². The number of hydrogen-bond donors (Lipinski definition) is 2. The lowest BCUT2D eigenvalue weighted by atomic mass is 10.1. The maximum atomic E-state index is 8.98. The first-order valence-corrected chi connectivity index (χ1v) is 5.89. The quantitative estimate of drug-likeness (QED) is 0.823. The minimum Gasteiger partial charge on any atom is -0.396 e. The molecule has 0 spiro atoms. The summed E-state index contributed by atoms with van der Waals surface area (Å²) in [5, 5.41) is 12.3. The predicted molar refractivity (Wildman–Crippen MR) is 67.9 cm³/mol. The zero-order valence-electron chi connectivity index (χ0n) is 10.2. The first kappa shape index (κ1) is 11.9. The molecule has 1 atom stereocenters. The molecule has 17 heavy (non-hydrogen) atoms. The molecule has 2 N–H and O–H groups in total. The zero-order chi connectivity index (χ0) is 12.3. The molecule has 2 aromatic rings. The normalized spacial score (nSPS) is 12.9. The molecule has 0 saturated carbocycles. The Morgan fingerprint density at radius 3 is 3.00 bits per heavy atom. The van der Waals surface area contributed by atoms with Gasteiger partial charge in [0.15, 0.2) is 5.82 Å². The van der Waals surface area contributed by atoms with Crippen LogP contribution >= 0.6 is 0 Å². The van der Waals surface area contributed by atoms with E-state index in [9.17, 15) is 0 Å². The van der Waals surface area contributed by atoms with E-state index in [0.717, 1.165) is 29.7 Å². The number of aromatic nitrogens is 3. The summed E-state index contributed by atoms with van der Waals surface area (Å²) in [4.78, 5) is 8.66. The monoisotopic (exact) mass is 234 g/mol. The molecular weight excluding hydrogens is 216 g/mol. The van der Waals surface area contributed by atoms with Crippen molar-refractivity contribution in [3.8, 4) is 0 Å². The third kappa shape index (κ3) is 2.39. The van der Waals surface area contributed by atoms with Crippen LogP contribution in [0, 0.1) is 0 Å². The number of imidazole rings is 1. The SMILES string of the molecule is CCC(CCO)Nc1nccc2c1ncn2C. The zero-order valence-corrected chi connectivity index (χ0v) is 10.2. The molecule has 0 bridgehead atoms. The lowest BCUT2D eigenvalue weighted by Gasteiger charge is -2.16. The van der Waals surface area contributed by atoms with Crippen LogP contribution in [-0.4, -0.2) is 32.3 Å². The van der Waals surface area contributed by atoms with Gasteiger partial charge >= 0.3 is 0 Å². The van der Waals surface area contributed by atoms with Gasteiger partial charge in [-0.1, -0.05) is 6.92 Å². The van der Waals surface area contributed by atoms with E-state index >= 15 is 0 Å². The van der Waals surface area contributed by atoms with Crippen LogP contribution in [-0.2, 0) is 7.05 Å². The van der Waals surface area contributed by atoms with Gasteiger partial charge in [0.1, 0.15) is 5.52 Å². The number of fused-ring (bicyclic) bond motifs is 1. The molecule has 5 heteroatoms. The minimum absolute atomic E-state index is 0.184. The minimum atomic E-state index is 0.184. The molecule has 2 aromatic heterocycles. The van der Waals surface area contributed by atoms with Gasteiger partial charge in [0.05, 0.1) is 11.8 Å². The first-order chi connectivity index (χ1) is 8.26. The van der Waals surface area contributed by atoms with Crippen molar-refractivity contribution in [2.75, 3.05) is 11.9 Å². The molecular formula is C12H18N4O. The predicted octanol–water partition coefficient (Wildman–Crippen LogP) is 1.54. The third-order valence-electron chi connectivity index (χ3n) is 2.95. The maximum Gasteiger partial charge on any atom is 0.154 e. The fraction of sp³-hybridized carbons (Fsp3) is 0.500. The van der Waals surface area contributed by atoms with Crippen molar-refractivity contribution in [2.45, 2.75) is 25.8 Å². The van der Waals surface area contributed by atoms with Gasteiger partial charge in [0, 0.05) is 25.9 Å². The average Bonchev–Trinajstić information content (AvgIpc) is 2.72. The van der Waals surface area contributed by atoms with Gasteiger partial charge in [-0.15, -0.1) is 0 Å². The number of aliphatic hydroxyl groups excluding tert-OH is 1. The fourth-order valence-electron chi connectivity index (χ4n) is 1.90. The molecule has 0 aromatic carbocycles. The highest BCUT2D eigenvalue weighted by Gasteiger charge is 2.11. The number of rotatable bonds is 5. The second-order valence-corrected chi connectivity index (χ2v) is 4.14. The Bertz CT molecular complexity index is 494. The van der Waals surface area contributed by atoms with Gasteiger partial charge in [0.2, 0.25) is 0 Å². The van der Waals surface area contributed by atoms with Gasteiger partial charge in [-0.2, -0.15) is 0 Å². The second kappa shape index (κ2) is 5.14. The first-order valence-electron chi connectivity index (χ1n) is 5.89. The number of nitrogens with zero attached hydrogens (tertiary/aromatic N) is 3. The van der Waals surface area contributed by atoms with Gasteiger partial charge < -0.3 is 15.0 Å². The average molecular weight is 234 g/mol. The van der Waals surface area contributed by atoms with E-state index in [1.165, 1.54) is 0 Å². The van der Waals surface area contributed by atoms with E-state index in [1.807, 2.05) is 17.7 Å². The highest BCUT2D eigenvalue weighted by Crippen LogP contribution is 2.20. The molecule has 0 saturated heterocycles. The molecule has 0 radical (unpaired) electrons. The summed E-state index contributed by atoms with van der Waals surface area (Å²) >= 11 is 0. The summed E-state index contributed by atoms with van der Waals surface area (Å²) in [6.45, 7) is 2.27. The Hall–Kier alpha value is -1.62. The highest BCUT2D eigenvalue weighted by atomic mass is 16.3. The van der Waals surface area contributed by atoms with Crippen molar-refractivity contribution in [3.63, 3.8) is 0 Å². The topological polar surface area (TPSA) is 63.0 Å². The van der Waals surface area contributed by atoms with Crippen molar-refractivity contribution in [3.05, 3.63) is 18.6 Å². The van der Waals surface area contributed by atoms with E-state index < -0.39 is 0 Å². The summed E-state index contributed by atoms with van der Waals surface area (Å²) in [6, 6.07) is 2.18. The highest BCUT2D eigenvalue weighted by molar-refractivity contribution is 5.85. The summed E-state index contributed by atoms with van der Waals surface area (Å²) in [7, 11) is 1.96. The largest absolute Gasteiger partial charge is 0.396 e. The molecule has 1 unspecified atom stereocenters. The Balaban J connectivity index is 2.29.